The van der Waals surface area contributed by atoms with Crippen LogP contribution >= 0.6 is 0 Å². The van der Waals surface area contributed by atoms with Gasteiger partial charge in [-0.2, -0.15) is 5.26 Å². The average Bonchev–Trinajstić information content (AvgIpc) is 2.29. The van der Waals surface area contributed by atoms with E-state index in [0.717, 1.165) is 19.7 Å². The molecule has 0 amide bonds. The molecule has 0 aliphatic heterocycles. The van der Waals surface area contributed by atoms with Crippen LogP contribution in [0.3, 0.4) is 0 Å². The van der Waals surface area contributed by atoms with Crippen molar-refractivity contribution in [2.75, 3.05) is 13.2 Å². The number of hydrogen-bond acceptors (Lipinski definition) is 3. The van der Waals surface area contributed by atoms with E-state index in [1.54, 1.807) is 0 Å². The first-order valence-corrected chi connectivity index (χ1v) is 5.91. The second-order valence-electron chi connectivity index (χ2n) is 4.60. The maximum absolute atomic E-state index is 8.69. The number of nitrogens with zero attached hydrogens (tertiary/aromatic N) is 1. The highest BCUT2D eigenvalue weighted by molar-refractivity contribution is 5.31. The van der Waals surface area contributed by atoms with Crippen LogP contribution in [0.1, 0.15) is 31.9 Å². The monoisotopic (exact) mass is 232 g/mol. The predicted octanol–water partition coefficient (Wildman–Crippen LogP) is 2.46. The van der Waals surface area contributed by atoms with Crippen molar-refractivity contribution in [1.82, 2.24) is 5.32 Å². The van der Waals surface area contributed by atoms with Gasteiger partial charge in [-0.15, -0.1) is 0 Å². The van der Waals surface area contributed by atoms with Crippen molar-refractivity contribution >= 4 is 0 Å². The van der Waals surface area contributed by atoms with Crippen LogP contribution in [0.4, 0.5) is 0 Å². The first-order valence-electron chi connectivity index (χ1n) is 5.91. The highest BCUT2D eigenvalue weighted by atomic mass is 16.5. The molecule has 0 aromatic heterocycles. The fourth-order valence-corrected chi connectivity index (χ4v) is 1.65. The standard InChI is InChI=1S/C14H20N2O/c1-4-17-14(2,3)11-16-10-13-7-5-12(9-15)6-8-13/h5-8,16H,4,10-11H2,1-3H3. The van der Waals surface area contributed by atoms with E-state index in [2.05, 4.69) is 25.2 Å². The van der Waals surface area contributed by atoms with Crippen LogP contribution in [0.5, 0.6) is 0 Å². The maximum atomic E-state index is 8.69. The van der Waals surface area contributed by atoms with Crippen molar-refractivity contribution in [3.8, 4) is 6.07 Å². The lowest BCUT2D eigenvalue weighted by molar-refractivity contribution is -0.00897. The predicted molar refractivity (Wildman–Crippen MR) is 68.6 cm³/mol. The van der Waals surface area contributed by atoms with Gasteiger partial charge in [0.2, 0.25) is 0 Å². The van der Waals surface area contributed by atoms with Gasteiger partial charge in [-0.3, -0.25) is 0 Å². The van der Waals surface area contributed by atoms with Crippen LogP contribution in [0, 0.1) is 11.3 Å². The van der Waals surface area contributed by atoms with E-state index in [-0.39, 0.29) is 5.60 Å². The second kappa shape index (κ2) is 6.39. The lowest BCUT2D eigenvalue weighted by Gasteiger charge is -2.25. The van der Waals surface area contributed by atoms with Crippen molar-refractivity contribution in [3.05, 3.63) is 35.4 Å². The van der Waals surface area contributed by atoms with E-state index in [1.165, 1.54) is 5.56 Å². The zero-order valence-electron chi connectivity index (χ0n) is 10.8. The van der Waals surface area contributed by atoms with E-state index in [1.807, 2.05) is 31.2 Å². The number of rotatable bonds is 6. The minimum absolute atomic E-state index is 0.138. The molecule has 1 rings (SSSR count). The SMILES string of the molecule is CCOC(C)(C)CNCc1ccc(C#N)cc1. The summed E-state index contributed by atoms with van der Waals surface area (Å²) in [6.45, 7) is 8.47. The minimum Gasteiger partial charge on any atom is -0.375 e. The molecule has 0 fully saturated rings. The molecule has 3 nitrogen and oxygen atoms in total. The molecule has 0 unspecified atom stereocenters. The van der Waals surface area contributed by atoms with Gasteiger partial charge in [-0.05, 0) is 38.5 Å². The van der Waals surface area contributed by atoms with Crippen molar-refractivity contribution < 1.29 is 4.74 Å². The molecular weight excluding hydrogens is 212 g/mol. The largest absolute Gasteiger partial charge is 0.375 e. The summed E-state index contributed by atoms with van der Waals surface area (Å²) in [5, 5.41) is 12.0. The molecule has 0 heterocycles. The van der Waals surface area contributed by atoms with Gasteiger partial charge < -0.3 is 10.1 Å². The minimum atomic E-state index is -0.138. The molecule has 0 saturated heterocycles. The zero-order valence-corrected chi connectivity index (χ0v) is 10.8. The van der Waals surface area contributed by atoms with Gasteiger partial charge in [-0.1, -0.05) is 12.1 Å². The first kappa shape index (κ1) is 13.7. The Morgan fingerprint density at radius 3 is 2.47 bits per heavy atom. The Morgan fingerprint density at radius 2 is 1.94 bits per heavy atom. The van der Waals surface area contributed by atoms with Gasteiger partial charge in [0.1, 0.15) is 0 Å². The molecule has 0 radical (unpaired) electrons. The van der Waals surface area contributed by atoms with Gasteiger partial charge >= 0.3 is 0 Å². The van der Waals surface area contributed by atoms with Gasteiger partial charge in [0.05, 0.1) is 17.2 Å². The summed E-state index contributed by atoms with van der Waals surface area (Å²) >= 11 is 0. The summed E-state index contributed by atoms with van der Waals surface area (Å²) in [5.41, 5.74) is 1.74. The average molecular weight is 232 g/mol. The van der Waals surface area contributed by atoms with Gasteiger partial charge in [0.25, 0.3) is 0 Å². The summed E-state index contributed by atoms with van der Waals surface area (Å²) < 4.78 is 5.60. The summed E-state index contributed by atoms with van der Waals surface area (Å²) in [6.07, 6.45) is 0. The molecule has 1 N–H and O–H groups in total. The normalized spacial score (nSPS) is 11.2. The summed E-state index contributed by atoms with van der Waals surface area (Å²) in [7, 11) is 0. The van der Waals surface area contributed by atoms with E-state index in [9.17, 15) is 0 Å². The molecule has 0 saturated carbocycles. The molecule has 1 aromatic carbocycles. The second-order valence-corrected chi connectivity index (χ2v) is 4.60. The maximum Gasteiger partial charge on any atom is 0.0991 e. The Balaban J connectivity index is 2.38. The molecule has 0 spiro atoms. The molecule has 3 heteroatoms. The quantitative estimate of drug-likeness (QED) is 0.819. The summed E-state index contributed by atoms with van der Waals surface area (Å²) in [5.74, 6) is 0. The molecule has 92 valence electrons. The van der Waals surface area contributed by atoms with Crippen LogP contribution in [-0.4, -0.2) is 18.8 Å². The topological polar surface area (TPSA) is 45.0 Å². The molecule has 17 heavy (non-hydrogen) atoms. The van der Waals surface area contributed by atoms with Crippen LogP contribution < -0.4 is 5.32 Å². The Morgan fingerprint density at radius 1 is 1.29 bits per heavy atom. The van der Waals surface area contributed by atoms with Crippen LogP contribution in [0.2, 0.25) is 0 Å². The number of ether oxygens (including phenoxy) is 1. The number of nitrogens with one attached hydrogen (secondary N) is 1. The fraction of sp³-hybridized carbons (Fsp3) is 0.500. The first-order chi connectivity index (χ1) is 8.07. The zero-order chi connectivity index (χ0) is 12.7. The molecule has 0 aliphatic rings. The Kier molecular flexibility index (Phi) is 5.14. The van der Waals surface area contributed by atoms with Gasteiger partial charge in [-0.25, -0.2) is 0 Å². The number of hydrogen-bond donors (Lipinski definition) is 1. The van der Waals surface area contributed by atoms with E-state index in [0.29, 0.717) is 5.56 Å². The lowest BCUT2D eigenvalue weighted by Crippen LogP contribution is -2.37. The molecule has 1 aromatic rings. The van der Waals surface area contributed by atoms with Crippen molar-refractivity contribution in [2.24, 2.45) is 0 Å². The Labute approximate surface area is 103 Å². The van der Waals surface area contributed by atoms with E-state index < -0.39 is 0 Å². The summed E-state index contributed by atoms with van der Waals surface area (Å²) in [4.78, 5) is 0. The lowest BCUT2D eigenvalue weighted by atomic mass is 10.1. The molecule has 0 bridgehead atoms. The molecule has 0 aliphatic carbocycles. The fourth-order valence-electron chi connectivity index (χ4n) is 1.65. The molecular formula is C14H20N2O. The molecule has 0 atom stereocenters. The smallest absolute Gasteiger partial charge is 0.0991 e. The highest BCUT2D eigenvalue weighted by Crippen LogP contribution is 2.08. The van der Waals surface area contributed by atoms with Crippen molar-refractivity contribution in [3.63, 3.8) is 0 Å². The summed E-state index contributed by atoms with van der Waals surface area (Å²) in [6, 6.07) is 9.73. The highest BCUT2D eigenvalue weighted by Gasteiger charge is 2.16. The third kappa shape index (κ3) is 4.99. The Bertz CT molecular complexity index is 376. The van der Waals surface area contributed by atoms with Gasteiger partial charge in [0, 0.05) is 19.7 Å². The van der Waals surface area contributed by atoms with Crippen LogP contribution in [0.15, 0.2) is 24.3 Å². The number of nitriles is 1. The van der Waals surface area contributed by atoms with E-state index >= 15 is 0 Å². The third-order valence-corrected chi connectivity index (χ3v) is 2.50. The van der Waals surface area contributed by atoms with E-state index in [4.69, 9.17) is 10.00 Å². The van der Waals surface area contributed by atoms with Crippen LogP contribution in [-0.2, 0) is 11.3 Å². The Hall–Kier alpha value is -1.37. The third-order valence-electron chi connectivity index (χ3n) is 2.50. The van der Waals surface area contributed by atoms with Gasteiger partial charge in [0.15, 0.2) is 0 Å². The van der Waals surface area contributed by atoms with Crippen LogP contribution in [0.25, 0.3) is 0 Å². The number of benzene rings is 1. The van der Waals surface area contributed by atoms with Crippen molar-refractivity contribution in [1.29, 1.82) is 5.26 Å². The van der Waals surface area contributed by atoms with Crippen molar-refractivity contribution in [2.45, 2.75) is 32.9 Å².